The van der Waals surface area contributed by atoms with Crippen molar-refractivity contribution >= 4 is 28.6 Å². The van der Waals surface area contributed by atoms with Gasteiger partial charge in [-0.15, -0.1) is 22.7 Å². The largest absolute Gasteiger partial charge is 0.344 e. The number of hydrogen-bond acceptors (Lipinski definition) is 4. The van der Waals surface area contributed by atoms with E-state index < -0.39 is 0 Å². The third-order valence-electron chi connectivity index (χ3n) is 4.27. The summed E-state index contributed by atoms with van der Waals surface area (Å²) >= 11 is 3.45. The second-order valence-corrected chi connectivity index (χ2v) is 7.95. The molecule has 1 saturated carbocycles. The first kappa shape index (κ1) is 15.7. The standard InChI is InChI=1S/C17H22N2OS2/c1-13-12-22-16(18-13)17(9-2-3-10-17)19-15(20)8-4-6-14-7-5-11-21-14/h5,7,11-12H,2-4,6,8-10H2,1H3,(H,19,20). The van der Waals surface area contributed by atoms with Gasteiger partial charge in [0, 0.05) is 22.4 Å². The molecule has 0 aliphatic heterocycles. The summed E-state index contributed by atoms with van der Waals surface area (Å²) < 4.78 is 0. The van der Waals surface area contributed by atoms with Gasteiger partial charge in [-0.25, -0.2) is 4.98 Å². The summed E-state index contributed by atoms with van der Waals surface area (Å²) in [6.07, 6.45) is 6.91. The highest BCUT2D eigenvalue weighted by molar-refractivity contribution is 7.10. The van der Waals surface area contributed by atoms with Gasteiger partial charge in [-0.05, 0) is 44.1 Å². The zero-order chi connectivity index (χ0) is 15.4. The lowest BCUT2D eigenvalue weighted by Gasteiger charge is -2.28. The Balaban J connectivity index is 1.58. The Morgan fingerprint density at radius 2 is 2.18 bits per heavy atom. The highest BCUT2D eigenvalue weighted by Crippen LogP contribution is 2.40. The molecule has 2 aromatic rings. The smallest absolute Gasteiger partial charge is 0.220 e. The van der Waals surface area contributed by atoms with Gasteiger partial charge in [0.25, 0.3) is 0 Å². The number of thiophene rings is 1. The minimum absolute atomic E-state index is 0.173. The fourth-order valence-corrected chi connectivity index (χ4v) is 4.92. The zero-order valence-electron chi connectivity index (χ0n) is 12.9. The topological polar surface area (TPSA) is 42.0 Å². The molecule has 1 aliphatic carbocycles. The number of aromatic nitrogens is 1. The lowest BCUT2D eigenvalue weighted by molar-refractivity contribution is -0.123. The Morgan fingerprint density at radius 1 is 1.36 bits per heavy atom. The summed E-state index contributed by atoms with van der Waals surface area (Å²) in [7, 11) is 0. The number of carbonyl (C=O) groups is 1. The van der Waals surface area contributed by atoms with Gasteiger partial charge in [-0.2, -0.15) is 0 Å². The van der Waals surface area contributed by atoms with Gasteiger partial charge >= 0.3 is 0 Å². The molecule has 0 spiro atoms. The van der Waals surface area contributed by atoms with Crippen molar-refractivity contribution in [2.45, 2.75) is 57.4 Å². The molecule has 118 valence electrons. The quantitative estimate of drug-likeness (QED) is 0.849. The Hall–Kier alpha value is -1.20. The summed E-state index contributed by atoms with van der Waals surface area (Å²) in [6, 6.07) is 4.21. The van der Waals surface area contributed by atoms with Crippen LogP contribution >= 0.6 is 22.7 Å². The molecule has 1 fully saturated rings. The third-order valence-corrected chi connectivity index (χ3v) is 6.37. The first-order chi connectivity index (χ1) is 10.7. The van der Waals surface area contributed by atoms with Crippen LogP contribution in [0.4, 0.5) is 0 Å². The van der Waals surface area contributed by atoms with Crippen molar-refractivity contribution in [1.82, 2.24) is 10.3 Å². The van der Waals surface area contributed by atoms with E-state index in [1.165, 1.54) is 17.7 Å². The number of thiazole rings is 1. The predicted octanol–water partition coefficient (Wildman–Crippen LogP) is 4.42. The first-order valence-electron chi connectivity index (χ1n) is 7.94. The van der Waals surface area contributed by atoms with Crippen molar-refractivity contribution in [3.05, 3.63) is 38.5 Å². The van der Waals surface area contributed by atoms with Gasteiger partial charge in [0.15, 0.2) is 0 Å². The van der Waals surface area contributed by atoms with Crippen LogP contribution in [-0.4, -0.2) is 10.9 Å². The maximum atomic E-state index is 12.4. The Morgan fingerprint density at radius 3 is 2.82 bits per heavy atom. The second kappa shape index (κ2) is 6.92. The van der Waals surface area contributed by atoms with E-state index in [4.69, 9.17) is 0 Å². The monoisotopic (exact) mass is 334 g/mol. The Kier molecular flexibility index (Phi) is 4.93. The average molecular weight is 335 g/mol. The number of amides is 1. The number of rotatable bonds is 6. The zero-order valence-corrected chi connectivity index (χ0v) is 14.6. The molecular weight excluding hydrogens is 312 g/mol. The maximum Gasteiger partial charge on any atom is 0.220 e. The lowest BCUT2D eigenvalue weighted by atomic mass is 9.98. The second-order valence-electron chi connectivity index (χ2n) is 6.06. The van der Waals surface area contributed by atoms with E-state index in [1.54, 1.807) is 22.7 Å². The molecule has 2 heterocycles. The van der Waals surface area contributed by atoms with Gasteiger partial charge in [0.2, 0.25) is 5.91 Å². The summed E-state index contributed by atoms with van der Waals surface area (Å²) in [5.74, 6) is 0.173. The highest BCUT2D eigenvalue weighted by atomic mass is 32.1. The summed E-state index contributed by atoms with van der Waals surface area (Å²) in [6.45, 7) is 2.02. The molecule has 0 atom stereocenters. The first-order valence-corrected chi connectivity index (χ1v) is 9.70. The molecule has 2 aromatic heterocycles. The van der Waals surface area contributed by atoms with Crippen LogP contribution in [0, 0.1) is 6.92 Å². The van der Waals surface area contributed by atoms with Crippen LogP contribution < -0.4 is 5.32 Å². The third kappa shape index (κ3) is 3.58. The highest BCUT2D eigenvalue weighted by Gasteiger charge is 2.39. The van der Waals surface area contributed by atoms with Crippen molar-refractivity contribution in [2.24, 2.45) is 0 Å². The molecule has 1 amide bonds. The molecule has 1 N–H and O–H groups in total. The molecule has 22 heavy (non-hydrogen) atoms. The van der Waals surface area contributed by atoms with Crippen molar-refractivity contribution in [3.63, 3.8) is 0 Å². The molecule has 3 nitrogen and oxygen atoms in total. The number of nitrogens with one attached hydrogen (secondary N) is 1. The SMILES string of the molecule is Cc1csc(C2(NC(=O)CCCc3cccs3)CCCC2)n1. The fourth-order valence-electron chi connectivity index (χ4n) is 3.15. The number of aryl methyl sites for hydroxylation is 2. The van der Waals surface area contributed by atoms with E-state index in [9.17, 15) is 4.79 Å². The molecule has 0 unspecified atom stereocenters. The van der Waals surface area contributed by atoms with Crippen molar-refractivity contribution in [3.8, 4) is 0 Å². The molecule has 0 bridgehead atoms. The van der Waals surface area contributed by atoms with E-state index in [0.717, 1.165) is 36.4 Å². The number of carbonyl (C=O) groups excluding carboxylic acids is 1. The Bertz CT molecular complexity index is 612. The molecule has 0 aromatic carbocycles. The summed E-state index contributed by atoms with van der Waals surface area (Å²) in [5, 5.41) is 8.58. The van der Waals surface area contributed by atoms with Crippen molar-refractivity contribution in [2.75, 3.05) is 0 Å². The van der Waals surface area contributed by atoms with Crippen LogP contribution in [-0.2, 0) is 16.8 Å². The van der Waals surface area contributed by atoms with Crippen LogP contribution in [0.3, 0.4) is 0 Å². The normalized spacial score (nSPS) is 16.8. The molecule has 5 heteroatoms. The van der Waals surface area contributed by atoms with Crippen LogP contribution in [0.25, 0.3) is 0 Å². The van der Waals surface area contributed by atoms with Gasteiger partial charge < -0.3 is 5.32 Å². The van der Waals surface area contributed by atoms with Crippen LogP contribution in [0.15, 0.2) is 22.9 Å². The van der Waals surface area contributed by atoms with Crippen LogP contribution in [0.5, 0.6) is 0 Å². The number of hydrogen-bond donors (Lipinski definition) is 1. The van der Waals surface area contributed by atoms with E-state index in [2.05, 4.69) is 33.2 Å². The predicted molar refractivity (Wildman–Crippen MR) is 92.4 cm³/mol. The minimum atomic E-state index is -0.195. The molecule has 0 saturated heterocycles. The van der Waals surface area contributed by atoms with E-state index in [0.29, 0.717) is 6.42 Å². The fraction of sp³-hybridized carbons (Fsp3) is 0.529. The van der Waals surface area contributed by atoms with Gasteiger partial charge in [0.05, 0.1) is 5.54 Å². The van der Waals surface area contributed by atoms with Gasteiger partial charge in [-0.3, -0.25) is 4.79 Å². The summed E-state index contributed by atoms with van der Waals surface area (Å²) in [5.41, 5.74) is 0.858. The van der Waals surface area contributed by atoms with Crippen molar-refractivity contribution in [1.29, 1.82) is 0 Å². The number of nitrogens with zero attached hydrogens (tertiary/aromatic N) is 1. The van der Waals surface area contributed by atoms with E-state index >= 15 is 0 Å². The Labute approximate surface area is 139 Å². The molecule has 3 rings (SSSR count). The van der Waals surface area contributed by atoms with Crippen LogP contribution in [0.1, 0.15) is 54.1 Å². The molecular formula is C17H22N2OS2. The average Bonchev–Trinajstić information content (AvgIpc) is 3.20. The van der Waals surface area contributed by atoms with Crippen molar-refractivity contribution < 1.29 is 4.79 Å². The molecule has 1 aliphatic rings. The van der Waals surface area contributed by atoms with E-state index in [1.807, 2.05) is 6.92 Å². The maximum absolute atomic E-state index is 12.4. The minimum Gasteiger partial charge on any atom is -0.344 e. The van der Waals surface area contributed by atoms with Gasteiger partial charge in [-0.1, -0.05) is 18.9 Å². The summed E-state index contributed by atoms with van der Waals surface area (Å²) in [4.78, 5) is 18.4. The lowest BCUT2D eigenvalue weighted by Crippen LogP contribution is -2.43. The molecule has 0 radical (unpaired) electrons. The van der Waals surface area contributed by atoms with E-state index in [-0.39, 0.29) is 11.4 Å². The van der Waals surface area contributed by atoms with Gasteiger partial charge in [0.1, 0.15) is 5.01 Å². The van der Waals surface area contributed by atoms with Crippen LogP contribution in [0.2, 0.25) is 0 Å².